The van der Waals surface area contributed by atoms with Crippen molar-refractivity contribution in [2.45, 2.75) is 0 Å². The third kappa shape index (κ3) is 6.05. The highest BCUT2D eigenvalue weighted by atomic mass is 79.9. The van der Waals surface area contributed by atoms with Crippen molar-refractivity contribution >= 4 is 79.7 Å². The van der Waals surface area contributed by atoms with Crippen LogP contribution >= 0.6 is 51.5 Å². The summed E-state index contributed by atoms with van der Waals surface area (Å²) in [4.78, 5) is 37.0. The topological polar surface area (TPSA) is 94.2 Å². The van der Waals surface area contributed by atoms with E-state index in [-0.39, 0.29) is 10.9 Å². The van der Waals surface area contributed by atoms with Gasteiger partial charge in [-0.05, 0) is 60.3 Å². The molecule has 2 amide bonds. The second-order valence-electron chi connectivity index (χ2n) is 6.35. The predicted molar refractivity (Wildman–Crippen MR) is 132 cm³/mol. The van der Waals surface area contributed by atoms with Gasteiger partial charge in [-0.3, -0.25) is 15.0 Å². The first-order valence-corrected chi connectivity index (χ1v) is 11.5. The number of ether oxygens (including phenoxy) is 3. The molecule has 0 aliphatic carbocycles. The van der Waals surface area contributed by atoms with Gasteiger partial charge in [0.1, 0.15) is 0 Å². The maximum absolute atomic E-state index is 12.9. The highest BCUT2D eigenvalue weighted by Crippen LogP contribution is 2.37. The lowest BCUT2D eigenvalue weighted by Gasteiger charge is -2.15. The van der Waals surface area contributed by atoms with Crippen molar-refractivity contribution in [2.24, 2.45) is 0 Å². The van der Waals surface area contributed by atoms with Gasteiger partial charge in [-0.15, -0.1) is 0 Å². The number of hydrazine groups is 1. The number of hydrogen-bond donors (Lipinski definition) is 1. The van der Waals surface area contributed by atoms with E-state index in [1.165, 1.54) is 14.2 Å². The van der Waals surface area contributed by atoms with E-state index in [9.17, 15) is 14.4 Å². The molecule has 2 aromatic rings. The van der Waals surface area contributed by atoms with Crippen molar-refractivity contribution in [3.05, 3.63) is 61.9 Å². The second kappa shape index (κ2) is 11.0. The third-order valence-electron chi connectivity index (χ3n) is 4.26. The minimum absolute atomic E-state index is 0.176. The largest absolute Gasteiger partial charge is 0.493 e. The molecule has 0 unspecified atom stereocenters. The van der Waals surface area contributed by atoms with Crippen LogP contribution in [0.3, 0.4) is 0 Å². The van der Waals surface area contributed by atoms with Crippen LogP contribution in [0.1, 0.15) is 15.9 Å². The highest BCUT2D eigenvalue weighted by molar-refractivity contribution is 9.10. The van der Waals surface area contributed by atoms with Gasteiger partial charge in [0.2, 0.25) is 0 Å². The van der Waals surface area contributed by atoms with Gasteiger partial charge in [-0.1, -0.05) is 39.3 Å². The van der Waals surface area contributed by atoms with Gasteiger partial charge < -0.3 is 14.2 Å². The van der Waals surface area contributed by atoms with Crippen LogP contribution in [-0.4, -0.2) is 47.9 Å². The van der Waals surface area contributed by atoms with Crippen LogP contribution in [0.5, 0.6) is 11.5 Å². The number of halogens is 2. The molecule has 1 heterocycles. The van der Waals surface area contributed by atoms with Crippen LogP contribution in [-0.2, 0) is 14.3 Å². The van der Waals surface area contributed by atoms with Crippen molar-refractivity contribution < 1.29 is 28.6 Å². The SMILES string of the molecule is COC(=O)COc1cc(Br)c(/C=C2/SC(=S)N(NC(=O)c3ccc(Cl)cc3)C2=O)cc1OC. The van der Waals surface area contributed by atoms with Crippen molar-refractivity contribution in [1.82, 2.24) is 10.4 Å². The molecule has 0 radical (unpaired) electrons. The van der Waals surface area contributed by atoms with Crippen LogP contribution in [0.4, 0.5) is 0 Å². The van der Waals surface area contributed by atoms with Crippen molar-refractivity contribution in [3.8, 4) is 11.5 Å². The summed E-state index contributed by atoms with van der Waals surface area (Å²) < 4.78 is 16.1. The highest BCUT2D eigenvalue weighted by Gasteiger charge is 2.34. The molecule has 0 saturated carbocycles. The van der Waals surface area contributed by atoms with Gasteiger partial charge in [0, 0.05) is 15.1 Å². The summed E-state index contributed by atoms with van der Waals surface area (Å²) in [5, 5.41) is 1.50. The number of rotatable bonds is 7. The van der Waals surface area contributed by atoms with Gasteiger partial charge in [0.15, 0.2) is 22.4 Å². The Morgan fingerprint density at radius 1 is 1.21 bits per heavy atom. The first-order valence-electron chi connectivity index (χ1n) is 9.15. The van der Waals surface area contributed by atoms with E-state index in [1.54, 1.807) is 42.5 Å². The zero-order chi connectivity index (χ0) is 24.1. The smallest absolute Gasteiger partial charge is 0.343 e. The number of amides is 2. The Labute approximate surface area is 212 Å². The Kier molecular flexibility index (Phi) is 8.35. The fourth-order valence-corrected chi connectivity index (χ4v) is 4.34. The van der Waals surface area contributed by atoms with Crippen molar-refractivity contribution in [1.29, 1.82) is 0 Å². The number of methoxy groups -OCH3 is 2. The Balaban J connectivity index is 1.79. The molecule has 1 aliphatic heterocycles. The summed E-state index contributed by atoms with van der Waals surface area (Å²) in [6.07, 6.45) is 1.60. The molecule has 1 N–H and O–H groups in total. The number of hydrogen-bond acceptors (Lipinski definition) is 8. The monoisotopic (exact) mass is 570 g/mol. The lowest BCUT2D eigenvalue weighted by atomic mass is 10.2. The summed E-state index contributed by atoms with van der Waals surface area (Å²) in [7, 11) is 2.71. The number of carbonyl (C=O) groups is 3. The second-order valence-corrected chi connectivity index (χ2v) is 9.32. The predicted octanol–water partition coefficient (Wildman–Crippen LogP) is 4.21. The maximum Gasteiger partial charge on any atom is 0.343 e. The summed E-state index contributed by atoms with van der Waals surface area (Å²) >= 11 is 15.6. The molecule has 1 aliphatic rings. The minimum Gasteiger partial charge on any atom is -0.493 e. The van der Waals surface area contributed by atoms with Crippen LogP contribution < -0.4 is 14.9 Å². The average molecular weight is 572 g/mol. The molecule has 1 fully saturated rings. The van der Waals surface area contributed by atoms with Gasteiger partial charge >= 0.3 is 5.97 Å². The summed E-state index contributed by atoms with van der Waals surface area (Å²) in [6, 6.07) is 9.47. The van der Waals surface area contributed by atoms with Crippen LogP contribution in [0, 0.1) is 0 Å². The van der Waals surface area contributed by atoms with E-state index in [0.29, 0.717) is 37.0 Å². The Hall–Kier alpha value is -2.60. The van der Waals surface area contributed by atoms with E-state index < -0.39 is 17.8 Å². The molecular formula is C21H16BrClN2O6S2. The Morgan fingerprint density at radius 2 is 1.91 bits per heavy atom. The molecule has 0 bridgehead atoms. The van der Waals surface area contributed by atoms with E-state index in [4.69, 9.17) is 33.3 Å². The van der Waals surface area contributed by atoms with Crippen molar-refractivity contribution in [2.75, 3.05) is 20.8 Å². The molecule has 33 heavy (non-hydrogen) atoms. The molecular weight excluding hydrogens is 556 g/mol. The maximum atomic E-state index is 12.9. The van der Waals surface area contributed by atoms with E-state index in [1.807, 2.05) is 0 Å². The summed E-state index contributed by atoms with van der Waals surface area (Å²) in [5.41, 5.74) is 3.43. The van der Waals surface area contributed by atoms with Crippen LogP contribution in [0.25, 0.3) is 6.08 Å². The Morgan fingerprint density at radius 3 is 2.55 bits per heavy atom. The summed E-state index contributed by atoms with van der Waals surface area (Å²) in [6.45, 7) is -0.287. The summed E-state index contributed by atoms with van der Waals surface area (Å²) in [5.74, 6) is -0.862. The van der Waals surface area contributed by atoms with Gasteiger partial charge in [0.05, 0.1) is 19.1 Å². The van der Waals surface area contributed by atoms with E-state index in [2.05, 4.69) is 26.1 Å². The first kappa shape index (κ1) is 25.0. The van der Waals surface area contributed by atoms with E-state index in [0.717, 1.165) is 16.8 Å². The lowest BCUT2D eigenvalue weighted by molar-refractivity contribution is -0.142. The van der Waals surface area contributed by atoms with Crippen molar-refractivity contribution in [3.63, 3.8) is 0 Å². The molecule has 0 aromatic heterocycles. The molecule has 8 nitrogen and oxygen atoms in total. The fraction of sp³-hybridized carbons (Fsp3) is 0.143. The quantitative estimate of drug-likeness (QED) is 0.300. The fourth-order valence-electron chi connectivity index (χ4n) is 2.60. The molecule has 12 heteroatoms. The Bertz CT molecular complexity index is 1160. The molecule has 3 rings (SSSR count). The third-order valence-corrected chi connectivity index (χ3v) is 6.50. The molecule has 0 spiro atoms. The first-order chi connectivity index (χ1) is 15.7. The van der Waals surface area contributed by atoms with Crippen LogP contribution in [0.2, 0.25) is 5.02 Å². The number of thioether (sulfide) groups is 1. The normalized spacial score (nSPS) is 14.4. The molecule has 0 atom stereocenters. The van der Waals surface area contributed by atoms with E-state index >= 15 is 0 Å². The number of thiocarbonyl (C=S) groups is 1. The zero-order valence-electron chi connectivity index (χ0n) is 17.2. The molecule has 2 aromatic carbocycles. The van der Waals surface area contributed by atoms with Crippen LogP contribution in [0.15, 0.2) is 45.8 Å². The zero-order valence-corrected chi connectivity index (χ0v) is 21.2. The van der Waals surface area contributed by atoms with Gasteiger partial charge in [0.25, 0.3) is 11.8 Å². The average Bonchev–Trinajstić information content (AvgIpc) is 3.06. The van der Waals surface area contributed by atoms with Gasteiger partial charge in [-0.2, -0.15) is 5.01 Å². The molecule has 1 saturated heterocycles. The number of esters is 1. The van der Waals surface area contributed by atoms with Gasteiger partial charge in [-0.25, -0.2) is 4.79 Å². The minimum atomic E-state index is -0.540. The standard InChI is InChI=1S/C21H16BrClN2O6S2/c1-29-15-7-12(14(22)9-16(15)31-10-18(26)30-2)8-17-20(28)25(21(32)33-17)24-19(27)11-3-5-13(23)6-4-11/h3-9H,10H2,1-2H3,(H,24,27)/b17-8+. The number of benzene rings is 2. The molecule has 172 valence electrons. The number of nitrogens with one attached hydrogen (secondary N) is 1. The number of nitrogens with zero attached hydrogens (tertiary/aromatic N) is 1. The lowest BCUT2D eigenvalue weighted by Crippen LogP contribution is -2.44. The number of carbonyl (C=O) groups excluding carboxylic acids is 3.